The molecule has 1 fully saturated rings. The van der Waals surface area contributed by atoms with Gasteiger partial charge in [0, 0.05) is 0 Å². The Hall–Kier alpha value is -2.04. The SMILES string of the molecule is O=C1NC[C@H]([C@H](Cc2ccccc2)C(=O)O)O1. The highest BCUT2D eigenvalue weighted by atomic mass is 16.6. The van der Waals surface area contributed by atoms with Crippen LogP contribution in [0.3, 0.4) is 0 Å². The van der Waals surface area contributed by atoms with Crippen molar-refractivity contribution >= 4 is 12.1 Å². The minimum Gasteiger partial charge on any atom is -0.481 e. The summed E-state index contributed by atoms with van der Waals surface area (Å²) in [6.07, 6.45) is -0.787. The van der Waals surface area contributed by atoms with Crippen molar-refractivity contribution in [1.82, 2.24) is 5.32 Å². The number of ether oxygens (including phenoxy) is 1. The molecule has 0 aromatic heterocycles. The minimum absolute atomic E-state index is 0.253. The third-order valence-electron chi connectivity index (χ3n) is 2.77. The van der Waals surface area contributed by atoms with E-state index in [1.54, 1.807) is 0 Å². The second kappa shape index (κ2) is 4.86. The molecular weight excluding hydrogens is 222 g/mol. The molecule has 17 heavy (non-hydrogen) atoms. The second-order valence-corrected chi connectivity index (χ2v) is 3.96. The van der Waals surface area contributed by atoms with Crippen LogP contribution in [0, 0.1) is 5.92 Å². The van der Waals surface area contributed by atoms with E-state index in [2.05, 4.69) is 5.32 Å². The van der Waals surface area contributed by atoms with Gasteiger partial charge in [-0.2, -0.15) is 0 Å². The zero-order valence-electron chi connectivity index (χ0n) is 9.13. The van der Waals surface area contributed by atoms with Gasteiger partial charge in [0.05, 0.1) is 12.5 Å². The minimum atomic E-state index is -0.949. The van der Waals surface area contributed by atoms with E-state index in [4.69, 9.17) is 9.84 Å². The fourth-order valence-corrected chi connectivity index (χ4v) is 1.87. The van der Waals surface area contributed by atoms with E-state index < -0.39 is 24.1 Å². The van der Waals surface area contributed by atoms with Crippen molar-refractivity contribution in [3.8, 4) is 0 Å². The summed E-state index contributed by atoms with van der Waals surface area (Å²) in [4.78, 5) is 22.1. The molecule has 2 rings (SSSR count). The van der Waals surface area contributed by atoms with Gasteiger partial charge in [-0.15, -0.1) is 0 Å². The smallest absolute Gasteiger partial charge is 0.407 e. The Balaban J connectivity index is 2.08. The van der Waals surface area contributed by atoms with Crippen LogP contribution in [0.5, 0.6) is 0 Å². The maximum Gasteiger partial charge on any atom is 0.407 e. The number of alkyl carbamates (subject to hydrolysis) is 1. The van der Waals surface area contributed by atoms with Gasteiger partial charge in [0.2, 0.25) is 0 Å². The number of rotatable bonds is 4. The van der Waals surface area contributed by atoms with E-state index in [1.165, 1.54) is 0 Å². The highest BCUT2D eigenvalue weighted by Gasteiger charge is 2.35. The number of carbonyl (C=O) groups excluding carboxylic acids is 1. The lowest BCUT2D eigenvalue weighted by atomic mass is 9.94. The fourth-order valence-electron chi connectivity index (χ4n) is 1.87. The molecule has 0 unspecified atom stereocenters. The molecule has 5 nitrogen and oxygen atoms in total. The summed E-state index contributed by atoms with van der Waals surface area (Å²) in [7, 11) is 0. The van der Waals surface area contributed by atoms with Crippen LogP contribution < -0.4 is 5.32 Å². The first-order chi connectivity index (χ1) is 8.16. The van der Waals surface area contributed by atoms with E-state index >= 15 is 0 Å². The molecule has 1 saturated heterocycles. The first kappa shape index (κ1) is 11.4. The van der Waals surface area contributed by atoms with Crippen LogP contribution in [0.2, 0.25) is 0 Å². The summed E-state index contributed by atoms with van der Waals surface area (Å²) in [5.41, 5.74) is 0.919. The topological polar surface area (TPSA) is 75.6 Å². The maximum absolute atomic E-state index is 11.2. The molecule has 0 radical (unpaired) electrons. The normalized spacial score (nSPS) is 20.5. The number of hydrogen-bond donors (Lipinski definition) is 2. The summed E-state index contributed by atoms with van der Waals surface area (Å²) < 4.78 is 4.93. The van der Waals surface area contributed by atoms with Crippen LogP contribution in [-0.4, -0.2) is 29.8 Å². The van der Waals surface area contributed by atoms with Crippen molar-refractivity contribution in [2.75, 3.05) is 6.54 Å². The van der Waals surface area contributed by atoms with Gasteiger partial charge in [0.1, 0.15) is 6.10 Å². The lowest BCUT2D eigenvalue weighted by Crippen LogP contribution is -2.32. The largest absolute Gasteiger partial charge is 0.481 e. The Morgan fingerprint density at radius 2 is 2.18 bits per heavy atom. The Labute approximate surface area is 98.4 Å². The van der Waals surface area contributed by atoms with Gasteiger partial charge in [-0.1, -0.05) is 30.3 Å². The lowest BCUT2D eigenvalue weighted by molar-refractivity contribution is -0.144. The van der Waals surface area contributed by atoms with E-state index in [0.29, 0.717) is 6.42 Å². The van der Waals surface area contributed by atoms with Crippen molar-refractivity contribution in [1.29, 1.82) is 0 Å². The fraction of sp³-hybridized carbons (Fsp3) is 0.333. The van der Waals surface area contributed by atoms with Crippen LogP contribution in [-0.2, 0) is 16.0 Å². The summed E-state index contributed by atoms with van der Waals surface area (Å²) in [6.45, 7) is 0.253. The van der Waals surface area contributed by atoms with Gasteiger partial charge in [-0.05, 0) is 12.0 Å². The van der Waals surface area contributed by atoms with Crippen LogP contribution in [0.4, 0.5) is 4.79 Å². The van der Waals surface area contributed by atoms with Crippen LogP contribution >= 0.6 is 0 Å². The molecule has 2 atom stereocenters. The molecule has 1 heterocycles. The summed E-state index contributed by atoms with van der Waals surface area (Å²) in [6, 6.07) is 9.30. The average Bonchev–Trinajstić information content (AvgIpc) is 2.73. The first-order valence-corrected chi connectivity index (χ1v) is 5.38. The summed E-state index contributed by atoms with van der Waals surface area (Å²) in [5, 5.41) is 11.6. The van der Waals surface area contributed by atoms with Crippen molar-refractivity contribution in [2.24, 2.45) is 5.92 Å². The molecule has 1 aromatic carbocycles. The van der Waals surface area contributed by atoms with Gasteiger partial charge >= 0.3 is 12.1 Å². The van der Waals surface area contributed by atoms with Gasteiger partial charge in [0.15, 0.2) is 0 Å². The molecular formula is C12H13NO4. The standard InChI is InChI=1S/C12H13NO4/c14-11(15)9(10-7-13-12(16)17-10)6-8-4-2-1-3-5-8/h1-5,9-10H,6-7H2,(H,13,16)(H,14,15)/t9-,10+/m0/s1. The van der Waals surface area contributed by atoms with Crippen molar-refractivity contribution in [3.05, 3.63) is 35.9 Å². The van der Waals surface area contributed by atoms with Crippen LogP contribution in [0.15, 0.2) is 30.3 Å². The van der Waals surface area contributed by atoms with Gasteiger partial charge < -0.3 is 15.2 Å². The Kier molecular flexibility index (Phi) is 3.27. The monoisotopic (exact) mass is 235 g/mol. The number of carboxylic acids is 1. The molecule has 1 aliphatic rings. The van der Waals surface area contributed by atoms with Crippen LogP contribution in [0.1, 0.15) is 5.56 Å². The second-order valence-electron chi connectivity index (χ2n) is 3.96. The molecule has 0 saturated carbocycles. The maximum atomic E-state index is 11.2. The van der Waals surface area contributed by atoms with Gasteiger partial charge in [0.25, 0.3) is 0 Å². The predicted octanol–water partition coefficient (Wildman–Crippen LogP) is 1.04. The van der Waals surface area contributed by atoms with E-state index in [0.717, 1.165) is 5.56 Å². The molecule has 90 valence electrons. The number of cyclic esters (lactones) is 1. The lowest BCUT2D eigenvalue weighted by Gasteiger charge is -2.17. The van der Waals surface area contributed by atoms with Crippen LogP contribution in [0.25, 0.3) is 0 Å². The van der Waals surface area contributed by atoms with Crippen molar-refractivity contribution < 1.29 is 19.4 Å². The Morgan fingerprint density at radius 3 is 2.71 bits per heavy atom. The number of hydrogen-bond acceptors (Lipinski definition) is 3. The van der Waals surface area contributed by atoms with Gasteiger partial charge in [-0.3, -0.25) is 4.79 Å². The summed E-state index contributed by atoms with van der Waals surface area (Å²) >= 11 is 0. The third-order valence-corrected chi connectivity index (χ3v) is 2.77. The zero-order valence-corrected chi connectivity index (χ0v) is 9.13. The van der Waals surface area contributed by atoms with E-state index in [9.17, 15) is 9.59 Å². The Morgan fingerprint density at radius 1 is 1.47 bits per heavy atom. The number of benzene rings is 1. The molecule has 5 heteroatoms. The first-order valence-electron chi connectivity index (χ1n) is 5.38. The average molecular weight is 235 g/mol. The molecule has 1 amide bonds. The quantitative estimate of drug-likeness (QED) is 0.817. The number of carboxylic acid groups (broad SMARTS) is 1. The van der Waals surface area contributed by atoms with Crippen molar-refractivity contribution in [3.63, 3.8) is 0 Å². The molecule has 2 N–H and O–H groups in total. The van der Waals surface area contributed by atoms with E-state index in [1.807, 2.05) is 30.3 Å². The molecule has 0 spiro atoms. The molecule has 1 aliphatic heterocycles. The zero-order chi connectivity index (χ0) is 12.3. The highest BCUT2D eigenvalue weighted by molar-refractivity contribution is 5.74. The molecule has 0 bridgehead atoms. The third kappa shape index (κ3) is 2.75. The Bertz CT molecular complexity index is 418. The number of nitrogens with one attached hydrogen (secondary N) is 1. The van der Waals surface area contributed by atoms with Crippen molar-refractivity contribution in [2.45, 2.75) is 12.5 Å². The van der Waals surface area contributed by atoms with Gasteiger partial charge in [-0.25, -0.2) is 4.79 Å². The molecule has 1 aromatic rings. The number of amides is 1. The predicted molar refractivity (Wildman–Crippen MR) is 59.5 cm³/mol. The van der Waals surface area contributed by atoms with E-state index in [-0.39, 0.29) is 6.54 Å². The highest BCUT2D eigenvalue weighted by Crippen LogP contribution is 2.18. The molecule has 0 aliphatic carbocycles. The number of aliphatic carboxylic acids is 1. The summed E-state index contributed by atoms with van der Waals surface area (Å²) in [5.74, 6) is -1.66. The number of carbonyl (C=O) groups is 2.